The Morgan fingerprint density at radius 1 is 1.00 bits per heavy atom. The first-order valence-corrected chi connectivity index (χ1v) is 7.60. The Morgan fingerprint density at radius 3 is 2.42 bits per heavy atom. The molecule has 0 aliphatic heterocycles. The third-order valence-electron chi connectivity index (χ3n) is 3.88. The summed E-state index contributed by atoms with van der Waals surface area (Å²) in [6, 6.07) is 13.8. The van der Waals surface area contributed by atoms with Gasteiger partial charge in [-0.25, -0.2) is 19.3 Å². The van der Waals surface area contributed by atoms with Gasteiger partial charge in [0.2, 0.25) is 0 Å². The summed E-state index contributed by atoms with van der Waals surface area (Å²) in [5.41, 5.74) is 5.57. The van der Waals surface area contributed by atoms with Gasteiger partial charge in [-0.1, -0.05) is 30.3 Å². The molecule has 0 aliphatic carbocycles. The summed E-state index contributed by atoms with van der Waals surface area (Å²) in [4.78, 5) is 20.9. The van der Waals surface area contributed by atoms with Gasteiger partial charge in [-0.3, -0.25) is 4.98 Å². The average molecular weight is 317 g/mol. The number of nitrogens with one attached hydrogen (secondary N) is 1. The maximum atomic E-state index is 11.9. The second-order valence-corrected chi connectivity index (χ2v) is 5.70. The molecule has 1 aromatic carbocycles. The van der Waals surface area contributed by atoms with Gasteiger partial charge in [0.25, 0.3) is 0 Å². The molecule has 4 rings (SSSR count). The summed E-state index contributed by atoms with van der Waals surface area (Å²) in [7, 11) is 0. The van der Waals surface area contributed by atoms with E-state index in [1.807, 2.05) is 56.3 Å². The van der Waals surface area contributed by atoms with Crippen molar-refractivity contribution in [2.75, 3.05) is 0 Å². The van der Waals surface area contributed by atoms with Gasteiger partial charge in [0.1, 0.15) is 6.33 Å². The minimum Gasteiger partial charge on any atom is -0.258 e. The quantitative estimate of drug-likeness (QED) is 0.617. The van der Waals surface area contributed by atoms with E-state index in [0.29, 0.717) is 5.65 Å². The van der Waals surface area contributed by atoms with Gasteiger partial charge < -0.3 is 0 Å². The van der Waals surface area contributed by atoms with Gasteiger partial charge in [-0.2, -0.15) is 5.10 Å². The largest absolute Gasteiger partial charge is 0.348 e. The van der Waals surface area contributed by atoms with Crippen molar-refractivity contribution in [3.8, 4) is 22.4 Å². The summed E-state index contributed by atoms with van der Waals surface area (Å²) in [6.07, 6.45) is 1.51. The highest BCUT2D eigenvalue weighted by atomic mass is 16.1. The number of nitrogens with zero attached hydrogens (tertiary/aromatic N) is 4. The van der Waals surface area contributed by atoms with E-state index in [1.54, 1.807) is 0 Å². The van der Waals surface area contributed by atoms with Crippen LogP contribution in [0.5, 0.6) is 0 Å². The molecule has 0 fully saturated rings. The molecule has 0 spiro atoms. The number of pyridine rings is 1. The van der Waals surface area contributed by atoms with Crippen molar-refractivity contribution in [2.24, 2.45) is 0 Å². The molecule has 3 heterocycles. The molecule has 24 heavy (non-hydrogen) atoms. The van der Waals surface area contributed by atoms with E-state index in [9.17, 15) is 4.79 Å². The molecule has 118 valence electrons. The Morgan fingerprint density at radius 2 is 1.71 bits per heavy atom. The normalized spacial score (nSPS) is 11.1. The summed E-state index contributed by atoms with van der Waals surface area (Å²) < 4.78 is 1.42. The van der Waals surface area contributed by atoms with E-state index < -0.39 is 0 Å². The molecule has 0 amide bonds. The van der Waals surface area contributed by atoms with E-state index in [-0.39, 0.29) is 5.69 Å². The molecular formula is C18H15N5O. The standard InChI is InChI=1S/C18H15N5O/c1-11-8-14(9-12(2)20-11)15-16(13-6-4-3-5-7-13)19-10-23-17(15)21-22-18(23)24/h3-10H,1-2H3,(H,22,24). The highest BCUT2D eigenvalue weighted by molar-refractivity contribution is 5.89. The molecule has 3 aromatic heterocycles. The molecule has 1 N–H and O–H groups in total. The van der Waals surface area contributed by atoms with E-state index in [4.69, 9.17) is 0 Å². The molecule has 4 aromatic rings. The lowest BCUT2D eigenvalue weighted by atomic mass is 9.99. The van der Waals surface area contributed by atoms with Gasteiger partial charge in [0.15, 0.2) is 5.65 Å². The molecule has 0 unspecified atom stereocenters. The van der Waals surface area contributed by atoms with Crippen molar-refractivity contribution in [3.05, 3.63) is 70.7 Å². The molecule has 6 heteroatoms. The maximum Gasteiger partial charge on any atom is 0.348 e. The van der Waals surface area contributed by atoms with Gasteiger partial charge in [-0.15, -0.1) is 0 Å². The van der Waals surface area contributed by atoms with E-state index in [0.717, 1.165) is 33.8 Å². The van der Waals surface area contributed by atoms with Crippen LogP contribution < -0.4 is 5.69 Å². The molecule has 0 aliphatic rings. The Balaban J connectivity index is 2.12. The van der Waals surface area contributed by atoms with Crippen LogP contribution in [-0.4, -0.2) is 24.6 Å². The highest BCUT2D eigenvalue weighted by Gasteiger charge is 2.17. The van der Waals surface area contributed by atoms with Crippen LogP contribution in [0, 0.1) is 13.8 Å². The fourth-order valence-corrected chi connectivity index (χ4v) is 2.93. The number of H-pyrrole nitrogens is 1. The lowest BCUT2D eigenvalue weighted by Crippen LogP contribution is -2.10. The Bertz CT molecular complexity index is 1080. The van der Waals surface area contributed by atoms with Gasteiger partial charge in [0, 0.05) is 17.0 Å². The minimum atomic E-state index is -0.305. The number of fused-ring (bicyclic) bond motifs is 1. The lowest BCUT2D eigenvalue weighted by molar-refractivity contribution is 0.998. The lowest BCUT2D eigenvalue weighted by Gasteiger charge is -2.11. The molecule has 6 nitrogen and oxygen atoms in total. The second kappa shape index (κ2) is 5.42. The number of aromatic amines is 1. The first-order valence-electron chi connectivity index (χ1n) is 7.60. The van der Waals surface area contributed by atoms with Crippen LogP contribution in [0.1, 0.15) is 11.4 Å². The molecule has 0 saturated carbocycles. The molecule has 0 atom stereocenters. The van der Waals surface area contributed by atoms with Crippen molar-refractivity contribution in [3.63, 3.8) is 0 Å². The van der Waals surface area contributed by atoms with Gasteiger partial charge in [-0.05, 0) is 31.5 Å². The van der Waals surface area contributed by atoms with Crippen LogP contribution in [0.15, 0.2) is 53.6 Å². The second-order valence-electron chi connectivity index (χ2n) is 5.70. The zero-order valence-corrected chi connectivity index (χ0v) is 13.3. The summed E-state index contributed by atoms with van der Waals surface area (Å²) in [6.45, 7) is 3.89. The van der Waals surface area contributed by atoms with Gasteiger partial charge >= 0.3 is 5.69 Å². The molecule has 0 bridgehead atoms. The Labute approximate surface area is 137 Å². The smallest absolute Gasteiger partial charge is 0.258 e. The number of aryl methyl sites for hydroxylation is 2. The highest BCUT2D eigenvalue weighted by Crippen LogP contribution is 2.33. The predicted molar refractivity (Wildman–Crippen MR) is 91.7 cm³/mol. The first kappa shape index (κ1) is 14.3. The predicted octanol–water partition coefficient (Wildman–Crippen LogP) is 2.76. The topological polar surface area (TPSA) is 75.9 Å². The van der Waals surface area contributed by atoms with Crippen molar-refractivity contribution < 1.29 is 0 Å². The number of benzene rings is 1. The number of aromatic nitrogens is 5. The van der Waals surface area contributed by atoms with Crippen molar-refractivity contribution in [1.82, 2.24) is 24.6 Å². The average Bonchev–Trinajstić information content (AvgIpc) is 2.95. The van der Waals surface area contributed by atoms with Crippen molar-refractivity contribution >= 4 is 5.65 Å². The van der Waals surface area contributed by atoms with Crippen LogP contribution in [-0.2, 0) is 0 Å². The Hall–Kier alpha value is -3.28. The summed E-state index contributed by atoms with van der Waals surface area (Å²) >= 11 is 0. The number of hydrogen-bond acceptors (Lipinski definition) is 4. The monoisotopic (exact) mass is 317 g/mol. The molecule has 0 saturated heterocycles. The summed E-state index contributed by atoms with van der Waals surface area (Å²) in [5.74, 6) is 0. The number of hydrogen-bond donors (Lipinski definition) is 1. The third-order valence-corrected chi connectivity index (χ3v) is 3.88. The molecule has 0 radical (unpaired) electrons. The Kier molecular flexibility index (Phi) is 3.23. The van der Waals surface area contributed by atoms with E-state index in [1.165, 1.54) is 10.7 Å². The maximum absolute atomic E-state index is 11.9. The van der Waals surface area contributed by atoms with Crippen LogP contribution in [0.3, 0.4) is 0 Å². The zero-order chi connectivity index (χ0) is 16.7. The third kappa shape index (κ3) is 2.28. The van der Waals surface area contributed by atoms with E-state index >= 15 is 0 Å². The number of rotatable bonds is 2. The van der Waals surface area contributed by atoms with Crippen LogP contribution in [0.2, 0.25) is 0 Å². The van der Waals surface area contributed by atoms with E-state index in [2.05, 4.69) is 20.2 Å². The zero-order valence-electron chi connectivity index (χ0n) is 13.3. The van der Waals surface area contributed by atoms with Crippen molar-refractivity contribution in [2.45, 2.75) is 13.8 Å². The molecular weight excluding hydrogens is 302 g/mol. The van der Waals surface area contributed by atoms with Crippen LogP contribution >= 0.6 is 0 Å². The van der Waals surface area contributed by atoms with Gasteiger partial charge in [0.05, 0.1) is 11.3 Å². The van der Waals surface area contributed by atoms with Crippen LogP contribution in [0.4, 0.5) is 0 Å². The first-order chi connectivity index (χ1) is 11.6. The van der Waals surface area contributed by atoms with Crippen LogP contribution in [0.25, 0.3) is 28.0 Å². The minimum absolute atomic E-state index is 0.305. The summed E-state index contributed by atoms with van der Waals surface area (Å²) in [5, 5.41) is 6.70. The fraction of sp³-hybridized carbons (Fsp3) is 0.111. The SMILES string of the molecule is Cc1cc(-c2c(-c3ccccc3)ncn3c(=O)[nH]nc23)cc(C)n1. The van der Waals surface area contributed by atoms with Crippen molar-refractivity contribution in [1.29, 1.82) is 0 Å². The fourth-order valence-electron chi connectivity index (χ4n) is 2.93.